The summed E-state index contributed by atoms with van der Waals surface area (Å²) in [5.41, 5.74) is 7.44. The number of nitrogens with zero attached hydrogens (tertiary/aromatic N) is 5. The summed E-state index contributed by atoms with van der Waals surface area (Å²) in [7, 11) is 0. The van der Waals surface area contributed by atoms with Crippen molar-refractivity contribution < 1.29 is 13.5 Å². The molecule has 3 aliphatic rings. The van der Waals surface area contributed by atoms with E-state index in [4.69, 9.17) is 9.72 Å². The van der Waals surface area contributed by atoms with Crippen molar-refractivity contribution in [1.82, 2.24) is 20.0 Å². The summed E-state index contributed by atoms with van der Waals surface area (Å²) in [4.78, 5) is 6.92. The maximum absolute atomic E-state index is 14.5. The number of rotatable bonds is 3. The highest BCUT2D eigenvalue weighted by Gasteiger charge is 2.31. The first kappa shape index (κ1) is 18.3. The van der Waals surface area contributed by atoms with Gasteiger partial charge in [0.2, 0.25) is 0 Å². The number of allylic oxidation sites excluding steroid dienone is 1. The van der Waals surface area contributed by atoms with Crippen molar-refractivity contribution in [2.24, 2.45) is 0 Å². The normalized spacial score (nSPS) is 20.6. The van der Waals surface area contributed by atoms with Crippen molar-refractivity contribution >= 4 is 17.2 Å². The van der Waals surface area contributed by atoms with Gasteiger partial charge in [-0.3, -0.25) is 5.01 Å². The Morgan fingerprint density at radius 1 is 1.19 bits per heavy atom. The molecule has 0 radical (unpaired) electrons. The van der Waals surface area contributed by atoms with Crippen molar-refractivity contribution in [1.29, 1.82) is 0 Å². The first-order valence-electron chi connectivity index (χ1n) is 10.3. The Labute approximate surface area is 177 Å². The van der Waals surface area contributed by atoms with Gasteiger partial charge in [-0.2, -0.15) is 5.10 Å². The second kappa shape index (κ2) is 7.05. The Kier molecular flexibility index (Phi) is 4.17. The number of ether oxygens (including phenoxy) is 1. The molecule has 0 bridgehead atoms. The number of anilines is 2. The number of halogens is 2. The summed E-state index contributed by atoms with van der Waals surface area (Å²) < 4.78 is 35.4. The topological polar surface area (TPSA) is 57.9 Å². The van der Waals surface area contributed by atoms with Crippen LogP contribution in [-0.2, 0) is 4.74 Å². The maximum Gasteiger partial charge on any atom is 0.182 e. The van der Waals surface area contributed by atoms with E-state index in [1.807, 2.05) is 28.2 Å². The van der Waals surface area contributed by atoms with Crippen molar-refractivity contribution in [2.75, 3.05) is 29.6 Å². The van der Waals surface area contributed by atoms with Gasteiger partial charge >= 0.3 is 0 Å². The number of benzene rings is 1. The molecule has 1 aromatic carbocycles. The molecule has 0 saturated carbocycles. The molecule has 0 amide bonds. The Bertz CT molecular complexity index is 1240. The molecule has 0 unspecified atom stereocenters. The number of hydrazine groups is 1. The molecule has 7 nitrogen and oxygen atoms in total. The van der Waals surface area contributed by atoms with Crippen molar-refractivity contribution in [3.05, 3.63) is 77.5 Å². The predicted octanol–water partition coefficient (Wildman–Crippen LogP) is 3.47. The van der Waals surface area contributed by atoms with Crippen LogP contribution in [0.1, 0.15) is 24.4 Å². The molecule has 1 fully saturated rings. The van der Waals surface area contributed by atoms with E-state index < -0.39 is 11.6 Å². The van der Waals surface area contributed by atoms with E-state index in [1.54, 1.807) is 17.0 Å². The molecule has 1 saturated heterocycles. The lowest BCUT2D eigenvalue weighted by molar-refractivity contribution is 0.274. The van der Waals surface area contributed by atoms with Gasteiger partial charge < -0.3 is 9.64 Å². The maximum atomic E-state index is 14.5. The molecule has 6 rings (SSSR count). The molecule has 1 atom stereocenters. The summed E-state index contributed by atoms with van der Waals surface area (Å²) >= 11 is 0. The minimum Gasteiger partial charge on any atom is -0.497 e. The van der Waals surface area contributed by atoms with Gasteiger partial charge in [0.1, 0.15) is 29.7 Å². The molecule has 0 spiro atoms. The zero-order valence-electron chi connectivity index (χ0n) is 16.6. The van der Waals surface area contributed by atoms with E-state index in [0.29, 0.717) is 24.4 Å². The Hall–Kier alpha value is -3.46. The SMILES string of the molecule is Fc1ccc(F)c([C@H]2CCCN2c2ccn3ncc(N4NCC5=C4C=COC5)c3n2)c1. The molecule has 158 valence electrons. The number of fused-ring (bicyclic) bond motifs is 1. The van der Waals surface area contributed by atoms with E-state index in [1.165, 1.54) is 17.7 Å². The summed E-state index contributed by atoms with van der Waals surface area (Å²) in [5.74, 6) is -0.105. The standard InChI is InChI=1S/C22H20F2N6O/c23-15-3-4-17(24)16(10-15)19-2-1-7-28(19)21-5-8-29-22(27-21)20(12-25-29)30-18-6-9-31-13-14(18)11-26-30/h3-6,8-10,12,19,26H,1-2,7,11,13H2/t19-/m1/s1. The second-order valence-electron chi connectivity index (χ2n) is 7.87. The first-order chi connectivity index (χ1) is 15.2. The van der Waals surface area contributed by atoms with Gasteiger partial charge in [0.05, 0.1) is 24.2 Å². The highest BCUT2D eigenvalue weighted by Crippen LogP contribution is 2.37. The molecule has 0 aliphatic carbocycles. The fourth-order valence-electron chi connectivity index (χ4n) is 4.60. The number of hydrogen-bond acceptors (Lipinski definition) is 6. The van der Waals surface area contributed by atoms with Crippen LogP contribution < -0.4 is 15.3 Å². The highest BCUT2D eigenvalue weighted by molar-refractivity contribution is 5.73. The molecule has 3 aliphatic heterocycles. The van der Waals surface area contributed by atoms with Gasteiger partial charge in [0, 0.05) is 30.4 Å². The summed E-state index contributed by atoms with van der Waals surface area (Å²) in [6.07, 6.45) is 8.86. The molecular formula is C22H20F2N6O. The third-order valence-corrected chi connectivity index (χ3v) is 6.07. The average Bonchev–Trinajstić information content (AvgIpc) is 3.52. The summed E-state index contributed by atoms with van der Waals surface area (Å²) in [5, 5.41) is 6.41. The van der Waals surface area contributed by atoms with Gasteiger partial charge in [0.15, 0.2) is 5.65 Å². The van der Waals surface area contributed by atoms with E-state index in [0.717, 1.165) is 42.7 Å². The summed E-state index contributed by atoms with van der Waals surface area (Å²) in [6.45, 7) is 1.98. The second-order valence-corrected chi connectivity index (χ2v) is 7.87. The van der Waals surface area contributed by atoms with E-state index >= 15 is 0 Å². The quantitative estimate of drug-likeness (QED) is 0.698. The van der Waals surface area contributed by atoms with Gasteiger partial charge in [-0.15, -0.1) is 0 Å². The minimum absolute atomic E-state index is 0.255. The van der Waals surface area contributed by atoms with Gasteiger partial charge in [0.25, 0.3) is 0 Å². The molecule has 31 heavy (non-hydrogen) atoms. The molecular weight excluding hydrogens is 402 g/mol. The Morgan fingerprint density at radius 2 is 2.13 bits per heavy atom. The Balaban J connectivity index is 1.39. The molecule has 9 heteroatoms. The third kappa shape index (κ3) is 2.96. The number of aromatic nitrogens is 3. The van der Waals surface area contributed by atoms with Crippen LogP contribution >= 0.6 is 0 Å². The van der Waals surface area contributed by atoms with E-state index in [2.05, 4.69) is 10.5 Å². The minimum atomic E-state index is -0.432. The van der Waals surface area contributed by atoms with Crippen LogP contribution in [0.2, 0.25) is 0 Å². The van der Waals surface area contributed by atoms with Gasteiger partial charge in [-0.1, -0.05) is 0 Å². The van der Waals surface area contributed by atoms with Crippen LogP contribution in [0, 0.1) is 11.6 Å². The lowest BCUT2D eigenvalue weighted by atomic mass is 10.0. The smallest absolute Gasteiger partial charge is 0.182 e. The zero-order chi connectivity index (χ0) is 20.9. The molecule has 5 heterocycles. The average molecular weight is 422 g/mol. The predicted molar refractivity (Wildman–Crippen MR) is 111 cm³/mol. The lowest BCUT2D eigenvalue weighted by Crippen LogP contribution is -2.31. The van der Waals surface area contributed by atoms with Crippen LogP contribution in [-0.4, -0.2) is 34.3 Å². The van der Waals surface area contributed by atoms with Gasteiger partial charge in [-0.05, 0) is 43.2 Å². The monoisotopic (exact) mass is 422 g/mol. The van der Waals surface area contributed by atoms with Gasteiger partial charge in [-0.25, -0.2) is 23.7 Å². The first-order valence-corrected chi connectivity index (χ1v) is 10.3. The van der Waals surface area contributed by atoms with E-state index in [-0.39, 0.29) is 6.04 Å². The highest BCUT2D eigenvalue weighted by atomic mass is 19.1. The van der Waals surface area contributed by atoms with Crippen LogP contribution in [0.4, 0.5) is 20.3 Å². The zero-order valence-corrected chi connectivity index (χ0v) is 16.6. The number of nitrogens with one attached hydrogen (secondary N) is 1. The van der Waals surface area contributed by atoms with Crippen LogP contribution in [0.3, 0.4) is 0 Å². The third-order valence-electron chi connectivity index (χ3n) is 6.07. The van der Waals surface area contributed by atoms with Crippen molar-refractivity contribution in [3.8, 4) is 0 Å². The molecule has 1 N–H and O–H groups in total. The number of hydrogen-bond donors (Lipinski definition) is 1. The van der Waals surface area contributed by atoms with Crippen LogP contribution in [0.25, 0.3) is 5.65 Å². The summed E-state index contributed by atoms with van der Waals surface area (Å²) in [6, 6.07) is 5.25. The van der Waals surface area contributed by atoms with Crippen LogP contribution in [0.5, 0.6) is 0 Å². The van der Waals surface area contributed by atoms with Crippen LogP contribution in [0.15, 0.2) is 60.3 Å². The fourth-order valence-corrected chi connectivity index (χ4v) is 4.60. The Morgan fingerprint density at radius 3 is 3.06 bits per heavy atom. The largest absolute Gasteiger partial charge is 0.497 e. The lowest BCUT2D eigenvalue weighted by Gasteiger charge is -2.27. The van der Waals surface area contributed by atoms with Crippen molar-refractivity contribution in [3.63, 3.8) is 0 Å². The molecule has 2 aromatic heterocycles. The van der Waals surface area contributed by atoms with Crippen molar-refractivity contribution in [2.45, 2.75) is 18.9 Å². The molecule has 3 aromatic rings. The fraction of sp³-hybridized carbons (Fsp3) is 0.273. The van der Waals surface area contributed by atoms with E-state index in [9.17, 15) is 8.78 Å².